The van der Waals surface area contributed by atoms with Crippen LogP contribution >= 0.6 is 0 Å². The van der Waals surface area contributed by atoms with E-state index in [1.54, 1.807) is 26.5 Å². The molecule has 0 bridgehead atoms. The lowest BCUT2D eigenvalue weighted by Crippen LogP contribution is -2.36. The zero-order valence-electron chi connectivity index (χ0n) is 16.4. The summed E-state index contributed by atoms with van der Waals surface area (Å²) in [5.74, 6) is 0.805. The largest absolute Gasteiger partial charge is 0.496 e. The number of pyridine rings is 1. The number of fused-ring (bicyclic) bond motifs is 1. The molecule has 0 radical (unpaired) electrons. The number of halogens is 1. The summed E-state index contributed by atoms with van der Waals surface area (Å²) in [5.41, 5.74) is 3.68. The second-order valence-corrected chi connectivity index (χ2v) is 7.32. The first-order valence-corrected chi connectivity index (χ1v) is 9.72. The lowest BCUT2D eigenvalue weighted by Gasteiger charge is -2.32. The van der Waals surface area contributed by atoms with Crippen LogP contribution < -0.4 is 4.74 Å². The highest BCUT2D eigenvalue weighted by Gasteiger charge is 2.23. The number of hydrogen-bond acceptors (Lipinski definition) is 4. The third-order valence-corrected chi connectivity index (χ3v) is 5.56. The minimum atomic E-state index is -0.280. The maximum absolute atomic E-state index is 13.9. The molecule has 2 aromatic heterocycles. The van der Waals surface area contributed by atoms with Gasteiger partial charge in [-0.15, -0.1) is 0 Å². The molecule has 0 spiro atoms. The second kappa shape index (κ2) is 8.29. The van der Waals surface area contributed by atoms with Gasteiger partial charge >= 0.3 is 0 Å². The molecule has 3 heterocycles. The highest BCUT2D eigenvalue weighted by molar-refractivity contribution is 5.95. The molecule has 4 rings (SSSR count). The standard InChI is InChI=1S/C22H26FN3O2/c1-27-11-10-26-9-3-4-15(14-26)20-13-19-17(7-8-24-22(19)25-20)18-12-16(23)5-6-21(18)28-2/h5-8,12-13,15H,3-4,9-11,14H2,1-2H3,(H,24,25). The van der Waals surface area contributed by atoms with Gasteiger partial charge in [0.05, 0.1) is 13.7 Å². The molecule has 1 atom stereocenters. The van der Waals surface area contributed by atoms with Crippen molar-refractivity contribution in [3.8, 4) is 16.9 Å². The van der Waals surface area contributed by atoms with Gasteiger partial charge < -0.3 is 19.4 Å². The van der Waals surface area contributed by atoms with Crippen LogP contribution in [0.1, 0.15) is 24.5 Å². The summed E-state index contributed by atoms with van der Waals surface area (Å²) >= 11 is 0. The molecule has 0 amide bonds. The number of nitrogens with zero attached hydrogens (tertiary/aromatic N) is 2. The van der Waals surface area contributed by atoms with Crippen LogP contribution in [0.5, 0.6) is 5.75 Å². The number of aromatic nitrogens is 2. The summed E-state index contributed by atoms with van der Waals surface area (Å²) in [6.45, 7) is 3.83. The van der Waals surface area contributed by atoms with Gasteiger partial charge in [0.1, 0.15) is 17.2 Å². The lowest BCUT2D eigenvalue weighted by molar-refractivity contribution is 0.128. The van der Waals surface area contributed by atoms with Crippen molar-refractivity contribution in [3.63, 3.8) is 0 Å². The molecular formula is C22H26FN3O2. The number of rotatable bonds is 6. The molecule has 1 aliphatic rings. The number of benzene rings is 1. The van der Waals surface area contributed by atoms with Crippen LogP contribution in [0.4, 0.5) is 4.39 Å². The first-order valence-electron chi connectivity index (χ1n) is 9.72. The molecule has 1 N–H and O–H groups in total. The van der Waals surface area contributed by atoms with E-state index >= 15 is 0 Å². The van der Waals surface area contributed by atoms with E-state index in [0.717, 1.165) is 54.8 Å². The van der Waals surface area contributed by atoms with Crippen LogP contribution in [0.2, 0.25) is 0 Å². The molecule has 148 valence electrons. The molecule has 0 saturated carbocycles. The predicted octanol–water partition coefficient (Wildman–Crippen LogP) is 4.20. The molecule has 3 aromatic rings. The number of methoxy groups -OCH3 is 2. The Morgan fingerprint density at radius 2 is 2.11 bits per heavy atom. The zero-order valence-corrected chi connectivity index (χ0v) is 16.4. The van der Waals surface area contributed by atoms with Crippen LogP contribution in [0.15, 0.2) is 36.5 Å². The van der Waals surface area contributed by atoms with Crippen LogP contribution in [0.3, 0.4) is 0 Å². The molecule has 28 heavy (non-hydrogen) atoms. The van der Waals surface area contributed by atoms with Crippen molar-refractivity contribution < 1.29 is 13.9 Å². The molecule has 1 saturated heterocycles. The fourth-order valence-corrected chi connectivity index (χ4v) is 4.13. The van der Waals surface area contributed by atoms with Gasteiger partial charge in [-0.2, -0.15) is 0 Å². The first-order chi connectivity index (χ1) is 13.7. The van der Waals surface area contributed by atoms with Gasteiger partial charge in [-0.3, -0.25) is 0 Å². The highest BCUT2D eigenvalue weighted by Crippen LogP contribution is 2.37. The Labute approximate surface area is 164 Å². The average molecular weight is 383 g/mol. The van der Waals surface area contributed by atoms with Gasteiger partial charge in [-0.25, -0.2) is 9.37 Å². The highest BCUT2D eigenvalue weighted by atomic mass is 19.1. The van der Waals surface area contributed by atoms with Crippen molar-refractivity contribution in [2.24, 2.45) is 0 Å². The Bertz CT molecular complexity index is 956. The van der Waals surface area contributed by atoms with E-state index in [1.165, 1.54) is 24.2 Å². The van der Waals surface area contributed by atoms with Gasteiger partial charge in [-0.1, -0.05) is 0 Å². The number of nitrogens with one attached hydrogen (secondary N) is 1. The smallest absolute Gasteiger partial charge is 0.138 e. The minimum absolute atomic E-state index is 0.280. The molecule has 1 aliphatic heterocycles. The van der Waals surface area contributed by atoms with E-state index in [1.807, 2.05) is 6.07 Å². The summed E-state index contributed by atoms with van der Waals surface area (Å²) in [7, 11) is 3.35. The lowest BCUT2D eigenvalue weighted by atomic mass is 9.94. The van der Waals surface area contributed by atoms with Crippen molar-refractivity contribution in [3.05, 3.63) is 48.0 Å². The van der Waals surface area contributed by atoms with Crippen LogP contribution in [0.25, 0.3) is 22.2 Å². The topological polar surface area (TPSA) is 50.4 Å². The molecule has 0 aliphatic carbocycles. The predicted molar refractivity (Wildman–Crippen MR) is 108 cm³/mol. The molecule has 1 aromatic carbocycles. The number of H-pyrrole nitrogens is 1. The molecule has 6 heteroatoms. The molecular weight excluding hydrogens is 357 g/mol. The molecule has 5 nitrogen and oxygen atoms in total. The van der Waals surface area contributed by atoms with E-state index in [4.69, 9.17) is 9.47 Å². The Morgan fingerprint density at radius 1 is 1.21 bits per heavy atom. The number of piperidine rings is 1. The average Bonchev–Trinajstić information content (AvgIpc) is 3.17. The first kappa shape index (κ1) is 18.9. The van der Waals surface area contributed by atoms with Crippen LogP contribution in [-0.4, -0.2) is 55.3 Å². The zero-order chi connectivity index (χ0) is 19.5. The van der Waals surface area contributed by atoms with Crippen molar-refractivity contribution in [2.45, 2.75) is 18.8 Å². The number of aromatic amines is 1. The Kier molecular flexibility index (Phi) is 5.59. The summed E-state index contributed by atoms with van der Waals surface area (Å²) in [5, 5.41) is 0.996. The van der Waals surface area contributed by atoms with E-state index in [9.17, 15) is 4.39 Å². The van der Waals surface area contributed by atoms with Crippen molar-refractivity contribution in [1.29, 1.82) is 0 Å². The summed E-state index contributed by atoms with van der Waals surface area (Å²) < 4.78 is 24.6. The van der Waals surface area contributed by atoms with E-state index in [2.05, 4.69) is 20.9 Å². The monoisotopic (exact) mass is 383 g/mol. The number of ether oxygens (including phenoxy) is 2. The maximum Gasteiger partial charge on any atom is 0.138 e. The molecule has 1 unspecified atom stereocenters. The number of likely N-dealkylation sites (tertiary alicyclic amines) is 1. The van der Waals surface area contributed by atoms with Crippen molar-refractivity contribution in [1.82, 2.24) is 14.9 Å². The van der Waals surface area contributed by atoms with Gasteiger partial charge in [0.15, 0.2) is 0 Å². The minimum Gasteiger partial charge on any atom is -0.496 e. The fourth-order valence-electron chi connectivity index (χ4n) is 4.13. The summed E-state index contributed by atoms with van der Waals surface area (Å²) in [6, 6.07) is 8.70. The van der Waals surface area contributed by atoms with Crippen molar-refractivity contribution in [2.75, 3.05) is 40.5 Å². The summed E-state index contributed by atoms with van der Waals surface area (Å²) in [6.07, 6.45) is 4.07. The maximum atomic E-state index is 13.9. The van der Waals surface area contributed by atoms with Crippen LogP contribution in [-0.2, 0) is 4.74 Å². The SMILES string of the molecule is COCCN1CCCC(c2cc3c(-c4cc(F)ccc4OC)ccnc3[nH]2)C1. The summed E-state index contributed by atoms with van der Waals surface area (Å²) in [4.78, 5) is 10.5. The normalized spacial score (nSPS) is 17.9. The third-order valence-electron chi connectivity index (χ3n) is 5.56. The Morgan fingerprint density at radius 3 is 2.93 bits per heavy atom. The Hall–Kier alpha value is -2.44. The number of hydrogen-bond donors (Lipinski definition) is 1. The van der Waals surface area contributed by atoms with Gasteiger partial charge in [-0.05, 0) is 55.3 Å². The van der Waals surface area contributed by atoms with Crippen LogP contribution in [0, 0.1) is 5.82 Å². The van der Waals surface area contributed by atoms with E-state index < -0.39 is 0 Å². The Balaban J connectivity index is 1.69. The van der Waals surface area contributed by atoms with Gasteiger partial charge in [0.25, 0.3) is 0 Å². The van der Waals surface area contributed by atoms with Gasteiger partial charge in [0.2, 0.25) is 0 Å². The molecule has 1 fully saturated rings. The van der Waals surface area contributed by atoms with Gasteiger partial charge in [0, 0.05) is 49.0 Å². The van der Waals surface area contributed by atoms with Crippen molar-refractivity contribution >= 4 is 11.0 Å². The van der Waals surface area contributed by atoms with E-state index in [0.29, 0.717) is 11.7 Å². The quantitative estimate of drug-likeness (QED) is 0.693. The van der Waals surface area contributed by atoms with E-state index in [-0.39, 0.29) is 5.82 Å². The second-order valence-electron chi connectivity index (χ2n) is 7.32. The fraction of sp³-hybridized carbons (Fsp3) is 0.409. The third kappa shape index (κ3) is 3.75.